The van der Waals surface area contributed by atoms with Crippen molar-refractivity contribution in [3.05, 3.63) is 132 Å². The zero-order valence-electron chi connectivity index (χ0n) is 24.0. The summed E-state index contributed by atoms with van der Waals surface area (Å²) >= 11 is 0. The largest absolute Gasteiger partial charge is 0.358 e. The van der Waals surface area contributed by atoms with Gasteiger partial charge in [-0.2, -0.15) is 21.4 Å². The van der Waals surface area contributed by atoms with Gasteiger partial charge in [0, 0.05) is 45.7 Å². The molecule has 230 valence electrons. The first-order chi connectivity index (χ1) is 22.1. The van der Waals surface area contributed by atoms with Crippen molar-refractivity contribution in [2.45, 2.75) is 16.2 Å². The highest BCUT2D eigenvalue weighted by molar-refractivity contribution is 7.86. The number of anilines is 4. The van der Waals surface area contributed by atoms with Crippen LogP contribution >= 0.6 is 0 Å². The number of fused-ring (bicyclic) bond motifs is 3. The van der Waals surface area contributed by atoms with Gasteiger partial charge in [-0.3, -0.25) is 9.11 Å². The lowest BCUT2D eigenvalue weighted by Crippen LogP contribution is -2.45. The predicted molar refractivity (Wildman–Crippen MR) is 180 cm³/mol. The van der Waals surface area contributed by atoms with Crippen LogP contribution in [0.3, 0.4) is 0 Å². The number of nitrogens with zero attached hydrogens (tertiary/aromatic N) is 1. The number of rotatable bonds is 7. The van der Waals surface area contributed by atoms with E-state index in [0.717, 1.165) is 17.1 Å². The Kier molecular flexibility index (Phi) is 7.21. The van der Waals surface area contributed by atoms with Gasteiger partial charge in [0.2, 0.25) is 17.1 Å². The van der Waals surface area contributed by atoms with Crippen molar-refractivity contribution in [3.8, 4) is 0 Å². The number of hydrogen-bond acceptors (Lipinski definition) is 7. The minimum atomic E-state index is -4.69. The van der Waals surface area contributed by atoms with E-state index in [1.54, 1.807) is 42.5 Å². The van der Waals surface area contributed by atoms with Crippen LogP contribution in [0.25, 0.3) is 11.4 Å². The predicted octanol–water partition coefficient (Wildman–Crippen LogP) is 5.06. The fourth-order valence-electron chi connectivity index (χ4n) is 5.89. The van der Waals surface area contributed by atoms with Gasteiger partial charge in [0.15, 0.2) is 0 Å². The van der Waals surface area contributed by atoms with E-state index < -0.39 is 20.2 Å². The Morgan fingerprint density at radius 2 is 1.24 bits per heavy atom. The van der Waals surface area contributed by atoms with E-state index >= 15 is 0 Å². The lowest BCUT2D eigenvalue weighted by atomic mass is 9.96. The van der Waals surface area contributed by atoms with Crippen LogP contribution in [0, 0.1) is 0 Å². The van der Waals surface area contributed by atoms with Gasteiger partial charge in [-0.25, -0.2) is 0 Å². The monoisotopic (exact) mass is 651 g/mol. The molecule has 5 N–H and O–H groups in total. The first-order valence-electron chi connectivity index (χ1n) is 14.2. The van der Waals surface area contributed by atoms with Gasteiger partial charge in [-0.15, -0.1) is 0 Å². The first-order valence-corrected chi connectivity index (χ1v) is 17.1. The van der Waals surface area contributed by atoms with Gasteiger partial charge in [0.05, 0.1) is 12.1 Å². The summed E-state index contributed by atoms with van der Waals surface area (Å²) < 4.78 is 73.2. The van der Waals surface area contributed by atoms with Gasteiger partial charge in [0.1, 0.15) is 21.2 Å². The van der Waals surface area contributed by atoms with Crippen molar-refractivity contribution < 1.29 is 25.9 Å². The molecule has 0 saturated heterocycles. The minimum Gasteiger partial charge on any atom is -0.358 e. The van der Waals surface area contributed by atoms with E-state index in [4.69, 9.17) is 0 Å². The standard InChI is InChI=1S/C34H26N4O6S2/c39-45(40,41)31-18-10-17-25-33(31)28(36-23-13-6-2-7-14-23)20-30-34(25)37-26-21-32(46(42,43)44)27(35-22-11-4-1-5-12-22)19-29(26)38(30)24-15-8-3-9-16-24/h1-19,21,35,37H,20H2,(H2,39,40,41,42,43,44)/p+1. The van der Waals surface area contributed by atoms with Crippen LogP contribution in [0.1, 0.15) is 6.42 Å². The SMILES string of the molecule is O=S(=O)(O)c1cc2c(cc1Nc1ccccc1)[N+](c1ccccc1)=C1CC(Nc3ccccc3)=c3c(S(=O)(=O)O)cccc3=C1N2. The Labute approximate surface area is 265 Å². The van der Waals surface area contributed by atoms with Crippen molar-refractivity contribution in [3.63, 3.8) is 0 Å². The molecule has 0 radical (unpaired) electrons. The molecule has 10 nitrogen and oxygen atoms in total. The summed E-state index contributed by atoms with van der Waals surface area (Å²) in [6.45, 7) is 0. The molecule has 7 rings (SSSR count). The van der Waals surface area contributed by atoms with Crippen LogP contribution in [-0.4, -0.2) is 31.7 Å². The zero-order chi connectivity index (χ0) is 32.1. The number of nitrogens with one attached hydrogen (secondary N) is 3. The minimum absolute atomic E-state index is 0.163. The Balaban J connectivity index is 1.57. The molecule has 0 spiro atoms. The second kappa shape index (κ2) is 11.3. The van der Waals surface area contributed by atoms with Crippen LogP contribution in [-0.2, 0) is 20.2 Å². The highest BCUT2D eigenvalue weighted by Gasteiger charge is 2.38. The van der Waals surface area contributed by atoms with Crippen LogP contribution in [0.2, 0.25) is 0 Å². The molecule has 2 aliphatic rings. The molecule has 46 heavy (non-hydrogen) atoms. The molecule has 0 unspecified atom stereocenters. The van der Waals surface area contributed by atoms with Crippen LogP contribution in [0.5, 0.6) is 0 Å². The summed E-state index contributed by atoms with van der Waals surface area (Å²) in [6.07, 6.45) is 0.201. The second-order valence-electron chi connectivity index (χ2n) is 10.7. The van der Waals surface area contributed by atoms with Gasteiger partial charge in [0.25, 0.3) is 20.2 Å². The van der Waals surface area contributed by atoms with Crippen molar-refractivity contribution in [2.24, 2.45) is 0 Å². The molecule has 0 saturated carbocycles. The number of benzene rings is 5. The Morgan fingerprint density at radius 1 is 0.652 bits per heavy atom. The van der Waals surface area contributed by atoms with E-state index in [-0.39, 0.29) is 27.1 Å². The summed E-state index contributed by atoms with van der Waals surface area (Å²) in [5, 5.41) is 10.6. The molecule has 1 aliphatic carbocycles. The summed E-state index contributed by atoms with van der Waals surface area (Å²) in [4.78, 5) is -0.616. The molecule has 0 atom stereocenters. The molecule has 0 aromatic heterocycles. The van der Waals surface area contributed by atoms with Gasteiger partial charge in [-0.05, 0) is 36.4 Å². The van der Waals surface area contributed by atoms with Gasteiger partial charge < -0.3 is 16.0 Å². The van der Waals surface area contributed by atoms with E-state index in [9.17, 15) is 25.9 Å². The maximum Gasteiger partial charge on any atom is 0.296 e. The molecule has 1 heterocycles. The van der Waals surface area contributed by atoms with Crippen LogP contribution < -0.4 is 31.0 Å². The molecule has 0 bridgehead atoms. The zero-order valence-corrected chi connectivity index (χ0v) is 25.7. The molecule has 5 aromatic rings. The average Bonchev–Trinajstić information content (AvgIpc) is 3.04. The van der Waals surface area contributed by atoms with Crippen LogP contribution in [0.4, 0.5) is 34.1 Å². The third-order valence-corrected chi connectivity index (χ3v) is 9.58. The highest BCUT2D eigenvalue weighted by Crippen LogP contribution is 2.41. The first kappa shape index (κ1) is 29.4. The van der Waals surface area contributed by atoms with E-state index in [0.29, 0.717) is 33.7 Å². The smallest absolute Gasteiger partial charge is 0.296 e. The van der Waals surface area contributed by atoms with Gasteiger partial charge >= 0.3 is 0 Å². The lowest BCUT2D eigenvalue weighted by molar-refractivity contribution is 0.480. The fourth-order valence-corrected chi connectivity index (χ4v) is 7.29. The number of hydrogen-bond donors (Lipinski definition) is 5. The quantitative estimate of drug-likeness (QED) is 0.120. The summed E-state index contributed by atoms with van der Waals surface area (Å²) in [6, 6.07) is 35.4. The maximum absolute atomic E-state index is 12.7. The Hall–Kier alpha value is -5.27. The van der Waals surface area contributed by atoms with Crippen molar-refractivity contribution in [2.75, 3.05) is 16.0 Å². The van der Waals surface area contributed by atoms with Gasteiger partial charge in [-0.1, -0.05) is 66.7 Å². The van der Waals surface area contributed by atoms with E-state index in [2.05, 4.69) is 16.0 Å². The molecule has 12 heteroatoms. The second-order valence-corrected chi connectivity index (χ2v) is 13.5. The third kappa shape index (κ3) is 5.43. The van der Waals surface area contributed by atoms with E-state index in [1.165, 1.54) is 12.1 Å². The van der Waals surface area contributed by atoms with Crippen molar-refractivity contribution >= 4 is 71.5 Å². The molecular formula is C34H27N4O6S2+. The molecule has 0 fully saturated rings. The van der Waals surface area contributed by atoms with Crippen molar-refractivity contribution in [1.82, 2.24) is 4.58 Å². The molecule has 5 aromatic carbocycles. The normalized spacial score (nSPS) is 14.1. The maximum atomic E-state index is 12.7. The highest BCUT2D eigenvalue weighted by atomic mass is 32.2. The molecule has 0 amide bonds. The fraction of sp³-hybridized carbons (Fsp3) is 0.0294. The molecular weight excluding hydrogens is 625 g/mol. The number of para-hydroxylation sites is 3. The van der Waals surface area contributed by atoms with Crippen LogP contribution in [0.15, 0.2) is 131 Å². The van der Waals surface area contributed by atoms with Crippen molar-refractivity contribution in [1.29, 1.82) is 0 Å². The molecule has 1 aliphatic heterocycles. The topological polar surface area (TPSA) is 148 Å². The Morgan fingerprint density at radius 3 is 1.85 bits per heavy atom. The van der Waals surface area contributed by atoms with E-state index in [1.807, 2.05) is 71.3 Å². The lowest BCUT2D eigenvalue weighted by Gasteiger charge is -2.27. The summed E-state index contributed by atoms with van der Waals surface area (Å²) in [5.74, 6) is 0. The Bertz CT molecular complexity index is 2400. The summed E-state index contributed by atoms with van der Waals surface area (Å²) in [5.41, 5.74) is 5.00. The average molecular weight is 652 g/mol. The summed E-state index contributed by atoms with van der Waals surface area (Å²) in [7, 11) is -9.33. The third-order valence-electron chi connectivity index (χ3n) is 7.79.